The van der Waals surface area contributed by atoms with Gasteiger partial charge in [0.05, 0.1) is 31.6 Å². The Labute approximate surface area is 205 Å². The summed E-state index contributed by atoms with van der Waals surface area (Å²) in [5.74, 6) is 0.658. The van der Waals surface area contributed by atoms with Crippen LogP contribution in [0.3, 0.4) is 0 Å². The Morgan fingerprint density at radius 1 is 1.06 bits per heavy atom. The maximum absolute atomic E-state index is 12.3. The van der Waals surface area contributed by atoms with Crippen LogP contribution in [-0.4, -0.2) is 42.4 Å². The second-order valence-corrected chi connectivity index (χ2v) is 9.12. The fourth-order valence-corrected chi connectivity index (χ4v) is 3.20. The fraction of sp³-hybridized carbons (Fsp3) is 0.346. The molecule has 0 spiro atoms. The third kappa shape index (κ3) is 6.99. The molecule has 0 saturated carbocycles. The largest absolute Gasteiger partial charge is 0.497 e. The van der Waals surface area contributed by atoms with E-state index in [1.54, 1.807) is 63.4 Å². The number of methoxy groups -OCH3 is 2. The maximum atomic E-state index is 12.3. The van der Waals surface area contributed by atoms with Crippen molar-refractivity contribution in [1.82, 2.24) is 10.3 Å². The Bertz CT molecular complexity index is 1100. The molecule has 186 valence electrons. The van der Waals surface area contributed by atoms with Gasteiger partial charge in [-0.15, -0.1) is 0 Å². The molecule has 0 unspecified atom stereocenters. The number of pyridine rings is 1. The van der Waals surface area contributed by atoms with Gasteiger partial charge in [-0.05, 0) is 57.5 Å². The van der Waals surface area contributed by atoms with Crippen LogP contribution in [0.2, 0.25) is 0 Å². The molecule has 9 heteroatoms. The van der Waals surface area contributed by atoms with Gasteiger partial charge in [-0.3, -0.25) is 0 Å². The molecule has 0 radical (unpaired) electrons. The standard InChI is InChI=1S/C26H31N3O6/c1-25(2,3)35-24(31)28-26(4)11-13-29(14-12-26)21-15-20(16-27-22(21)23(30)33-6)34-17-18-7-9-19(32-5)10-8-18/h7-16H,17H2,1-6H3,(H,28,31). The van der Waals surface area contributed by atoms with Gasteiger partial charge in [-0.1, -0.05) is 12.1 Å². The number of nitrogens with one attached hydrogen (secondary N) is 1. The molecule has 0 fully saturated rings. The Morgan fingerprint density at radius 3 is 2.29 bits per heavy atom. The highest BCUT2D eigenvalue weighted by atomic mass is 16.6. The third-order valence-electron chi connectivity index (χ3n) is 5.00. The van der Waals surface area contributed by atoms with Crippen molar-refractivity contribution >= 4 is 17.7 Å². The second-order valence-electron chi connectivity index (χ2n) is 9.12. The number of carbonyl (C=O) groups is 2. The molecule has 1 aliphatic heterocycles. The van der Waals surface area contributed by atoms with Gasteiger partial charge in [0.15, 0.2) is 5.69 Å². The normalized spacial score (nSPS) is 14.3. The van der Waals surface area contributed by atoms with Gasteiger partial charge < -0.3 is 29.2 Å². The van der Waals surface area contributed by atoms with E-state index < -0.39 is 23.2 Å². The highest BCUT2D eigenvalue weighted by Crippen LogP contribution is 2.29. The van der Waals surface area contributed by atoms with Crippen molar-refractivity contribution in [2.24, 2.45) is 0 Å². The molecule has 3 rings (SSSR count). The van der Waals surface area contributed by atoms with Crippen molar-refractivity contribution in [3.8, 4) is 11.5 Å². The molecule has 0 bridgehead atoms. The van der Waals surface area contributed by atoms with Crippen LogP contribution < -0.4 is 19.7 Å². The summed E-state index contributed by atoms with van der Waals surface area (Å²) in [6.45, 7) is 7.54. The number of aromatic nitrogens is 1. The van der Waals surface area contributed by atoms with Crippen LogP contribution in [0, 0.1) is 0 Å². The summed E-state index contributed by atoms with van der Waals surface area (Å²) in [6.07, 6.45) is 7.97. The number of hydrogen-bond donors (Lipinski definition) is 1. The predicted molar refractivity (Wildman–Crippen MR) is 131 cm³/mol. The molecule has 9 nitrogen and oxygen atoms in total. The first-order valence-electron chi connectivity index (χ1n) is 11.0. The van der Waals surface area contributed by atoms with E-state index in [1.807, 2.05) is 31.2 Å². The molecule has 1 aromatic carbocycles. The van der Waals surface area contributed by atoms with E-state index in [1.165, 1.54) is 13.3 Å². The highest BCUT2D eigenvalue weighted by molar-refractivity contribution is 5.94. The monoisotopic (exact) mass is 481 g/mol. The molecule has 1 N–H and O–H groups in total. The summed E-state index contributed by atoms with van der Waals surface area (Å²) in [5, 5.41) is 2.83. The lowest BCUT2D eigenvalue weighted by molar-refractivity contribution is 0.0498. The summed E-state index contributed by atoms with van der Waals surface area (Å²) < 4.78 is 21.3. The van der Waals surface area contributed by atoms with E-state index in [0.29, 0.717) is 18.0 Å². The van der Waals surface area contributed by atoms with Crippen LogP contribution in [0.25, 0.3) is 0 Å². The first-order chi connectivity index (χ1) is 16.5. The smallest absolute Gasteiger partial charge is 0.408 e. The van der Waals surface area contributed by atoms with E-state index in [9.17, 15) is 9.59 Å². The first kappa shape index (κ1) is 25.6. The van der Waals surface area contributed by atoms with E-state index in [-0.39, 0.29) is 5.69 Å². The topological polar surface area (TPSA) is 99.2 Å². The SMILES string of the molecule is COC(=O)c1ncc(OCc2ccc(OC)cc2)cc1N1C=CC(C)(NC(=O)OC(C)(C)C)C=C1. The minimum Gasteiger partial charge on any atom is -0.497 e. The molecule has 1 amide bonds. The van der Waals surface area contributed by atoms with E-state index in [2.05, 4.69) is 10.3 Å². The van der Waals surface area contributed by atoms with Crippen molar-refractivity contribution in [1.29, 1.82) is 0 Å². The van der Waals surface area contributed by atoms with Crippen LogP contribution in [0.4, 0.5) is 10.5 Å². The number of carbonyl (C=O) groups excluding carboxylic acids is 2. The van der Waals surface area contributed by atoms with E-state index in [0.717, 1.165) is 11.3 Å². The van der Waals surface area contributed by atoms with E-state index >= 15 is 0 Å². The van der Waals surface area contributed by atoms with Gasteiger partial charge in [0, 0.05) is 18.5 Å². The summed E-state index contributed by atoms with van der Waals surface area (Å²) in [6, 6.07) is 9.24. The number of anilines is 1. The van der Waals surface area contributed by atoms with Gasteiger partial charge in [-0.2, -0.15) is 0 Å². The van der Waals surface area contributed by atoms with Gasteiger partial charge in [0.25, 0.3) is 0 Å². The third-order valence-corrected chi connectivity index (χ3v) is 5.00. The molecular formula is C26H31N3O6. The fourth-order valence-electron chi connectivity index (χ4n) is 3.20. The molecule has 1 aromatic heterocycles. The number of ether oxygens (including phenoxy) is 4. The molecule has 1 aliphatic rings. The number of hydrogen-bond acceptors (Lipinski definition) is 8. The Hall–Kier alpha value is -4.01. The zero-order chi connectivity index (χ0) is 25.6. The van der Waals surface area contributed by atoms with Gasteiger partial charge in [-0.25, -0.2) is 14.6 Å². The number of esters is 1. The Morgan fingerprint density at radius 2 is 1.71 bits per heavy atom. The molecule has 0 atom stereocenters. The number of amides is 1. The Kier molecular flexibility index (Phi) is 7.68. The summed E-state index contributed by atoms with van der Waals surface area (Å²) >= 11 is 0. The number of alkyl carbamates (subject to hydrolysis) is 1. The van der Waals surface area contributed by atoms with Crippen LogP contribution in [0.15, 0.2) is 61.1 Å². The lowest BCUT2D eigenvalue weighted by Crippen LogP contribution is -2.46. The molecule has 2 heterocycles. The summed E-state index contributed by atoms with van der Waals surface area (Å²) in [5.41, 5.74) is 0.159. The molecule has 0 saturated heterocycles. The lowest BCUT2D eigenvalue weighted by Gasteiger charge is -2.31. The van der Waals surface area contributed by atoms with Crippen molar-refractivity contribution in [3.63, 3.8) is 0 Å². The van der Waals surface area contributed by atoms with Gasteiger partial charge in [0.1, 0.15) is 23.7 Å². The summed E-state index contributed by atoms with van der Waals surface area (Å²) in [7, 11) is 2.91. The van der Waals surface area contributed by atoms with Crippen LogP contribution >= 0.6 is 0 Å². The maximum Gasteiger partial charge on any atom is 0.408 e. The lowest BCUT2D eigenvalue weighted by atomic mass is 10.0. The van der Waals surface area contributed by atoms with Crippen molar-refractivity contribution in [3.05, 3.63) is 72.3 Å². The Balaban J connectivity index is 1.78. The van der Waals surface area contributed by atoms with Crippen molar-refractivity contribution < 1.29 is 28.5 Å². The highest BCUT2D eigenvalue weighted by Gasteiger charge is 2.28. The zero-order valence-electron chi connectivity index (χ0n) is 20.8. The van der Waals surface area contributed by atoms with Gasteiger partial charge in [0.2, 0.25) is 0 Å². The van der Waals surface area contributed by atoms with Crippen LogP contribution in [-0.2, 0) is 16.1 Å². The molecule has 2 aromatic rings. The number of nitrogens with zero attached hydrogens (tertiary/aromatic N) is 2. The van der Waals surface area contributed by atoms with Crippen LogP contribution in [0.1, 0.15) is 43.7 Å². The minimum absolute atomic E-state index is 0.127. The van der Waals surface area contributed by atoms with Crippen molar-refractivity contribution in [2.75, 3.05) is 19.1 Å². The van der Waals surface area contributed by atoms with Gasteiger partial charge >= 0.3 is 12.1 Å². The first-order valence-corrected chi connectivity index (χ1v) is 11.0. The van der Waals surface area contributed by atoms with E-state index in [4.69, 9.17) is 18.9 Å². The summed E-state index contributed by atoms with van der Waals surface area (Å²) in [4.78, 5) is 30.6. The second kappa shape index (κ2) is 10.5. The molecule has 0 aliphatic carbocycles. The molecular weight excluding hydrogens is 450 g/mol. The predicted octanol–water partition coefficient (Wildman–Crippen LogP) is 4.59. The van der Waals surface area contributed by atoms with Crippen molar-refractivity contribution in [2.45, 2.75) is 45.4 Å². The minimum atomic E-state index is -0.778. The molecule has 35 heavy (non-hydrogen) atoms. The zero-order valence-corrected chi connectivity index (χ0v) is 20.8. The number of benzene rings is 1. The average molecular weight is 482 g/mol. The quantitative estimate of drug-likeness (QED) is 0.574. The number of rotatable bonds is 7. The van der Waals surface area contributed by atoms with Crippen LogP contribution in [0.5, 0.6) is 11.5 Å². The average Bonchev–Trinajstić information content (AvgIpc) is 2.81.